The Labute approximate surface area is 123 Å². The summed E-state index contributed by atoms with van der Waals surface area (Å²) >= 11 is 0. The van der Waals surface area contributed by atoms with E-state index in [9.17, 15) is 0 Å². The number of likely N-dealkylation sites (N-methyl/N-ethyl adjacent to an activating group) is 1. The Balaban J connectivity index is 3.16. The summed E-state index contributed by atoms with van der Waals surface area (Å²) in [6, 6.07) is 0.243. The molecule has 1 aromatic rings. The Morgan fingerprint density at radius 3 is 2.35 bits per heavy atom. The Morgan fingerprint density at radius 1 is 1.30 bits per heavy atom. The number of hydrogen-bond acceptors (Lipinski definition) is 4. The van der Waals surface area contributed by atoms with Crippen molar-refractivity contribution in [3.05, 3.63) is 11.9 Å². The zero-order valence-electron chi connectivity index (χ0n) is 14.0. The Morgan fingerprint density at radius 2 is 1.95 bits per heavy atom. The third-order valence-electron chi connectivity index (χ3n) is 4.47. The number of nitrogens with one attached hydrogen (secondary N) is 1. The predicted molar refractivity (Wildman–Crippen MR) is 83.7 cm³/mol. The van der Waals surface area contributed by atoms with Crippen molar-refractivity contribution >= 4 is 0 Å². The second-order valence-electron chi connectivity index (χ2n) is 5.55. The van der Waals surface area contributed by atoms with E-state index in [0.29, 0.717) is 0 Å². The molecule has 0 fully saturated rings. The number of hydrogen-bond donors (Lipinski definition) is 1. The maximum absolute atomic E-state index is 4.11. The molecule has 0 saturated heterocycles. The first-order valence-corrected chi connectivity index (χ1v) is 7.88. The third kappa shape index (κ3) is 3.38. The second kappa shape index (κ2) is 7.74. The van der Waals surface area contributed by atoms with Gasteiger partial charge in [0.25, 0.3) is 0 Å². The van der Waals surface area contributed by atoms with E-state index in [0.717, 1.165) is 38.2 Å². The topological polar surface area (TPSA) is 46.0 Å². The predicted octanol–water partition coefficient (Wildman–Crippen LogP) is 2.37. The highest BCUT2D eigenvalue weighted by atomic mass is 15.4. The van der Waals surface area contributed by atoms with Crippen LogP contribution < -0.4 is 5.32 Å². The molecule has 1 heterocycles. The molecule has 5 nitrogen and oxygen atoms in total. The van der Waals surface area contributed by atoms with Crippen molar-refractivity contribution < 1.29 is 0 Å². The molecular weight excluding hydrogens is 250 g/mol. The average molecular weight is 281 g/mol. The number of aromatic nitrogens is 3. The van der Waals surface area contributed by atoms with Crippen LogP contribution in [0.15, 0.2) is 6.20 Å². The fourth-order valence-electron chi connectivity index (χ4n) is 3.05. The van der Waals surface area contributed by atoms with Crippen LogP contribution in [0, 0.1) is 0 Å². The van der Waals surface area contributed by atoms with Crippen molar-refractivity contribution in [2.45, 2.75) is 59.0 Å². The Bertz CT molecular complexity index is 385. The lowest BCUT2D eigenvalue weighted by molar-refractivity contribution is 0.0668. The van der Waals surface area contributed by atoms with Crippen LogP contribution in [-0.2, 0) is 7.05 Å². The first-order valence-electron chi connectivity index (χ1n) is 7.88. The van der Waals surface area contributed by atoms with Gasteiger partial charge in [-0.1, -0.05) is 32.9 Å². The van der Waals surface area contributed by atoms with Crippen molar-refractivity contribution in [2.75, 3.05) is 19.6 Å². The summed E-state index contributed by atoms with van der Waals surface area (Å²) in [5, 5.41) is 11.9. The first-order chi connectivity index (χ1) is 9.54. The normalized spacial score (nSPS) is 16.4. The molecule has 0 aromatic carbocycles. The molecular formula is C15H31N5. The SMILES string of the molecule is CCCNC(c1cnnn1C)C(C)(CC)N(CC)CC. The van der Waals surface area contributed by atoms with Crippen LogP contribution in [0.4, 0.5) is 0 Å². The Kier molecular flexibility index (Phi) is 6.62. The number of nitrogens with zero attached hydrogens (tertiary/aromatic N) is 4. The van der Waals surface area contributed by atoms with Gasteiger partial charge >= 0.3 is 0 Å². The molecule has 0 saturated carbocycles. The summed E-state index contributed by atoms with van der Waals surface area (Å²) in [7, 11) is 1.97. The van der Waals surface area contributed by atoms with E-state index in [2.05, 4.69) is 55.1 Å². The third-order valence-corrected chi connectivity index (χ3v) is 4.47. The van der Waals surface area contributed by atoms with Gasteiger partial charge in [-0.05, 0) is 39.4 Å². The summed E-state index contributed by atoms with van der Waals surface area (Å²) in [5.41, 5.74) is 1.23. The van der Waals surface area contributed by atoms with Gasteiger partial charge in [-0.2, -0.15) is 0 Å². The molecule has 0 aliphatic carbocycles. The van der Waals surface area contributed by atoms with Crippen LogP contribution in [0.2, 0.25) is 0 Å². The molecule has 2 unspecified atom stereocenters. The van der Waals surface area contributed by atoms with Gasteiger partial charge in [0, 0.05) is 12.6 Å². The summed E-state index contributed by atoms with van der Waals surface area (Å²) in [4.78, 5) is 2.54. The molecule has 2 atom stereocenters. The minimum Gasteiger partial charge on any atom is -0.307 e. The monoisotopic (exact) mass is 281 g/mol. The van der Waals surface area contributed by atoms with Gasteiger partial charge in [0.2, 0.25) is 0 Å². The van der Waals surface area contributed by atoms with Crippen LogP contribution in [0.5, 0.6) is 0 Å². The van der Waals surface area contributed by atoms with Crippen LogP contribution in [0.1, 0.15) is 59.2 Å². The maximum Gasteiger partial charge on any atom is 0.0772 e. The zero-order valence-corrected chi connectivity index (χ0v) is 14.0. The van der Waals surface area contributed by atoms with Gasteiger partial charge in [-0.15, -0.1) is 5.10 Å². The molecule has 1 rings (SSSR count). The van der Waals surface area contributed by atoms with Gasteiger partial charge in [0.05, 0.1) is 17.9 Å². The van der Waals surface area contributed by atoms with Crippen molar-refractivity contribution in [2.24, 2.45) is 7.05 Å². The minimum absolute atomic E-state index is 0.0636. The number of rotatable bonds is 9. The molecule has 20 heavy (non-hydrogen) atoms. The second-order valence-corrected chi connectivity index (χ2v) is 5.55. The lowest BCUT2D eigenvalue weighted by atomic mass is 9.85. The molecule has 5 heteroatoms. The summed E-state index contributed by atoms with van der Waals surface area (Å²) in [6.07, 6.45) is 4.10. The van der Waals surface area contributed by atoms with Crippen LogP contribution in [0.25, 0.3) is 0 Å². The fraction of sp³-hybridized carbons (Fsp3) is 0.867. The lowest BCUT2D eigenvalue weighted by Crippen LogP contribution is -2.54. The quantitative estimate of drug-likeness (QED) is 0.755. The van der Waals surface area contributed by atoms with E-state index >= 15 is 0 Å². The molecule has 0 spiro atoms. The smallest absolute Gasteiger partial charge is 0.0772 e. The highest BCUT2D eigenvalue weighted by Gasteiger charge is 2.39. The Hall–Kier alpha value is -0.940. The van der Waals surface area contributed by atoms with E-state index in [1.165, 1.54) is 0 Å². The fourth-order valence-corrected chi connectivity index (χ4v) is 3.05. The average Bonchev–Trinajstić information content (AvgIpc) is 2.86. The van der Waals surface area contributed by atoms with E-state index in [1.54, 1.807) is 0 Å². The van der Waals surface area contributed by atoms with E-state index < -0.39 is 0 Å². The van der Waals surface area contributed by atoms with Crippen molar-refractivity contribution in [3.63, 3.8) is 0 Å². The van der Waals surface area contributed by atoms with Crippen molar-refractivity contribution in [1.82, 2.24) is 25.2 Å². The van der Waals surface area contributed by atoms with E-state index in [-0.39, 0.29) is 11.6 Å². The zero-order chi connectivity index (χ0) is 15.2. The highest BCUT2D eigenvalue weighted by molar-refractivity contribution is 5.11. The molecule has 116 valence electrons. The van der Waals surface area contributed by atoms with E-state index in [1.807, 2.05) is 17.9 Å². The van der Waals surface area contributed by atoms with Crippen molar-refractivity contribution in [1.29, 1.82) is 0 Å². The molecule has 1 aromatic heterocycles. The van der Waals surface area contributed by atoms with Crippen LogP contribution in [0.3, 0.4) is 0 Å². The van der Waals surface area contributed by atoms with Crippen LogP contribution in [-0.4, -0.2) is 45.1 Å². The van der Waals surface area contributed by atoms with Gasteiger partial charge < -0.3 is 5.32 Å². The minimum atomic E-state index is 0.0636. The standard InChI is InChI=1S/C15H31N5/c1-7-11-16-14(13-12-17-18-19(13)6)15(5,8-2)20(9-3)10-4/h12,14,16H,7-11H2,1-6H3. The molecule has 0 radical (unpaired) electrons. The summed E-state index contributed by atoms with van der Waals surface area (Å²) < 4.78 is 1.89. The maximum atomic E-state index is 4.11. The first kappa shape index (κ1) is 17.1. The van der Waals surface area contributed by atoms with Gasteiger partial charge in [0.15, 0.2) is 0 Å². The van der Waals surface area contributed by atoms with E-state index in [4.69, 9.17) is 0 Å². The number of aryl methyl sites for hydroxylation is 1. The van der Waals surface area contributed by atoms with Crippen LogP contribution >= 0.6 is 0 Å². The lowest BCUT2D eigenvalue weighted by Gasteiger charge is -2.45. The molecule has 0 amide bonds. The van der Waals surface area contributed by atoms with Gasteiger partial charge in [-0.25, -0.2) is 0 Å². The largest absolute Gasteiger partial charge is 0.307 e. The van der Waals surface area contributed by atoms with Gasteiger partial charge in [-0.3, -0.25) is 9.58 Å². The summed E-state index contributed by atoms with van der Waals surface area (Å²) in [5.74, 6) is 0. The van der Waals surface area contributed by atoms with Crippen molar-refractivity contribution in [3.8, 4) is 0 Å². The molecule has 0 bridgehead atoms. The molecule has 1 N–H and O–H groups in total. The summed E-state index contributed by atoms with van der Waals surface area (Å²) in [6.45, 7) is 14.4. The molecule has 0 aliphatic rings. The highest BCUT2D eigenvalue weighted by Crippen LogP contribution is 2.33. The molecule has 0 aliphatic heterocycles. The van der Waals surface area contributed by atoms with Gasteiger partial charge in [0.1, 0.15) is 0 Å².